The van der Waals surface area contributed by atoms with E-state index in [1.165, 1.54) is 25.7 Å². The highest BCUT2D eigenvalue weighted by atomic mass is 16.5. The average Bonchev–Trinajstić information content (AvgIpc) is 2.91. The van der Waals surface area contributed by atoms with Gasteiger partial charge in [-0.25, -0.2) is 0 Å². The monoisotopic (exact) mass is 198 g/mol. The van der Waals surface area contributed by atoms with Crippen LogP contribution in [0, 0.1) is 0 Å². The third-order valence-corrected chi connectivity index (χ3v) is 3.24. The van der Waals surface area contributed by atoms with Crippen LogP contribution in [0.1, 0.15) is 32.6 Å². The second-order valence-electron chi connectivity index (χ2n) is 4.66. The van der Waals surface area contributed by atoms with E-state index in [1.807, 2.05) is 0 Å². The van der Waals surface area contributed by atoms with Gasteiger partial charge in [0.05, 0.1) is 12.2 Å². The van der Waals surface area contributed by atoms with Crippen molar-refractivity contribution in [3.05, 3.63) is 0 Å². The van der Waals surface area contributed by atoms with E-state index >= 15 is 0 Å². The SMILES string of the molecule is CC1CCC(CN(CCN)C2CC2)O1. The van der Waals surface area contributed by atoms with Crippen LogP contribution in [0.5, 0.6) is 0 Å². The largest absolute Gasteiger partial charge is 0.374 e. The van der Waals surface area contributed by atoms with Gasteiger partial charge in [0.15, 0.2) is 0 Å². The summed E-state index contributed by atoms with van der Waals surface area (Å²) in [5.41, 5.74) is 5.61. The molecule has 0 bridgehead atoms. The maximum absolute atomic E-state index is 5.83. The predicted molar refractivity (Wildman–Crippen MR) is 57.2 cm³/mol. The normalized spacial score (nSPS) is 32.8. The highest BCUT2D eigenvalue weighted by molar-refractivity contribution is 4.87. The van der Waals surface area contributed by atoms with Gasteiger partial charge in [0.1, 0.15) is 0 Å². The van der Waals surface area contributed by atoms with Crippen molar-refractivity contribution >= 4 is 0 Å². The third kappa shape index (κ3) is 2.69. The van der Waals surface area contributed by atoms with Crippen LogP contribution in [0.4, 0.5) is 0 Å². The molecule has 0 aromatic carbocycles. The molecule has 0 radical (unpaired) electrons. The third-order valence-electron chi connectivity index (χ3n) is 3.24. The predicted octanol–water partition coefficient (Wildman–Crippen LogP) is 0.977. The van der Waals surface area contributed by atoms with Gasteiger partial charge in [-0.1, -0.05) is 0 Å². The molecule has 1 aliphatic heterocycles. The van der Waals surface area contributed by atoms with E-state index in [9.17, 15) is 0 Å². The summed E-state index contributed by atoms with van der Waals surface area (Å²) in [5.74, 6) is 0. The van der Waals surface area contributed by atoms with Gasteiger partial charge in [0.2, 0.25) is 0 Å². The Labute approximate surface area is 86.6 Å². The van der Waals surface area contributed by atoms with Gasteiger partial charge in [-0.2, -0.15) is 0 Å². The molecule has 2 rings (SSSR count). The van der Waals surface area contributed by atoms with Crippen molar-refractivity contribution in [3.8, 4) is 0 Å². The van der Waals surface area contributed by atoms with Crippen molar-refractivity contribution in [2.75, 3.05) is 19.6 Å². The first kappa shape index (κ1) is 10.4. The van der Waals surface area contributed by atoms with Gasteiger partial charge < -0.3 is 10.5 Å². The number of hydrogen-bond acceptors (Lipinski definition) is 3. The van der Waals surface area contributed by atoms with E-state index in [0.717, 1.165) is 25.7 Å². The maximum Gasteiger partial charge on any atom is 0.0706 e. The van der Waals surface area contributed by atoms with Gasteiger partial charge in [0.25, 0.3) is 0 Å². The van der Waals surface area contributed by atoms with Gasteiger partial charge in [-0.3, -0.25) is 4.90 Å². The molecule has 0 amide bonds. The molecule has 2 fully saturated rings. The standard InChI is InChI=1S/C11H22N2O/c1-9-2-5-11(14-9)8-13(7-6-12)10-3-4-10/h9-11H,2-8,12H2,1H3. The highest BCUT2D eigenvalue weighted by Gasteiger charge is 2.32. The van der Waals surface area contributed by atoms with E-state index in [2.05, 4.69) is 11.8 Å². The van der Waals surface area contributed by atoms with Crippen LogP contribution in [-0.2, 0) is 4.74 Å². The fraction of sp³-hybridized carbons (Fsp3) is 1.00. The molecule has 2 N–H and O–H groups in total. The number of nitrogens with two attached hydrogens (primary N) is 1. The smallest absolute Gasteiger partial charge is 0.0706 e. The van der Waals surface area contributed by atoms with Crippen LogP contribution >= 0.6 is 0 Å². The molecule has 0 aromatic rings. The Balaban J connectivity index is 1.75. The van der Waals surface area contributed by atoms with E-state index in [0.29, 0.717) is 12.2 Å². The van der Waals surface area contributed by atoms with Crippen molar-refractivity contribution in [3.63, 3.8) is 0 Å². The summed E-state index contributed by atoms with van der Waals surface area (Å²) in [6.07, 6.45) is 6.13. The summed E-state index contributed by atoms with van der Waals surface area (Å²) < 4.78 is 5.83. The minimum Gasteiger partial charge on any atom is -0.374 e. The first-order chi connectivity index (χ1) is 6.79. The van der Waals surface area contributed by atoms with Gasteiger partial charge >= 0.3 is 0 Å². The van der Waals surface area contributed by atoms with Crippen molar-refractivity contribution in [1.82, 2.24) is 4.90 Å². The summed E-state index contributed by atoms with van der Waals surface area (Å²) in [4.78, 5) is 2.52. The molecular formula is C11H22N2O. The van der Waals surface area contributed by atoms with E-state index in [-0.39, 0.29) is 0 Å². The first-order valence-corrected chi connectivity index (χ1v) is 5.89. The molecule has 2 atom stereocenters. The summed E-state index contributed by atoms with van der Waals surface area (Å²) >= 11 is 0. The van der Waals surface area contributed by atoms with Crippen LogP contribution in [0.2, 0.25) is 0 Å². The Morgan fingerprint density at radius 2 is 2.07 bits per heavy atom. The zero-order valence-corrected chi connectivity index (χ0v) is 9.11. The van der Waals surface area contributed by atoms with Crippen LogP contribution in [0.3, 0.4) is 0 Å². The minimum atomic E-state index is 0.470. The molecule has 0 spiro atoms. The fourth-order valence-electron chi connectivity index (χ4n) is 2.31. The lowest BCUT2D eigenvalue weighted by Gasteiger charge is -2.24. The van der Waals surface area contributed by atoms with Crippen molar-refractivity contribution in [2.24, 2.45) is 5.73 Å². The zero-order valence-electron chi connectivity index (χ0n) is 9.11. The zero-order chi connectivity index (χ0) is 9.97. The molecule has 3 heteroatoms. The lowest BCUT2D eigenvalue weighted by molar-refractivity contribution is 0.0303. The molecule has 14 heavy (non-hydrogen) atoms. The number of hydrogen-bond donors (Lipinski definition) is 1. The van der Waals surface area contributed by atoms with E-state index < -0.39 is 0 Å². The molecule has 0 aromatic heterocycles. The molecule has 82 valence electrons. The van der Waals surface area contributed by atoms with E-state index in [4.69, 9.17) is 10.5 Å². The van der Waals surface area contributed by atoms with Crippen molar-refractivity contribution in [2.45, 2.75) is 50.9 Å². The Morgan fingerprint density at radius 1 is 1.29 bits per heavy atom. The quantitative estimate of drug-likeness (QED) is 0.715. The highest BCUT2D eigenvalue weighted by Crippen LogP contribution is 2.28. The topological polar surface area (TPSA) is 38.5 Å². The fourth-order valence-corrected chi connectivity index (χ4v) is 2.31. The molecule has 2 aliphatic rings. The summed E-state index contributed by atoms with van der Waals surface area (Å²) in [6.45, 7) is 5.09. The Kier molecular flexibility index (Phi) is 3.42. The Morgan fingerprint density at radius 3 is 2.57 bits per heavy atom. The molecule has 3 nitrogen and oxygen atoms in total. The van der Waals surface area contributed by atoms with Crippen LogP contribution in [0.15, 0.2) is 0 Å². The van der Waals surface area contributed by atoms with Crippen molar-refractivity contribution < 1.29 is 4.74 Å². The molecule has 1 saturated carbocycles. The van der Waals surface area contributed by atoms with Gasteiger partial charge in [-0.05, 0) is 32.6 Å². The molecular weight excluding hydrogens is 176 g/mol. The van der Waals surface area contributed by atoms with Gasteiger partial charge in [-0.15, -0.1) is 0 Å². The second-order valence-corrected chi connectivity index (χ2v) is 4.66. The Bertz CT molecular complexity index is 182. The molecule has 1 aliphatic carbocycles. The summed E-state index contributed by atoms with van der Waals surface area (Å²) in [7, 11) is 0. The lowest BCUT2D eigenvalue weighted by Crippen LogP contribution is -2.37. The van der Waals surface area contributed by atoms with E-state index in [1.54, 1.807) is 0 Å². The van der Waals surface area contributed by atoms with Gasteiger partial charge in [0, 0.05) is 25.7 Å². The number of nitrogens with zero attached hydrogens (tertiary/aromatic N) is 1. The maximum atomic E-state index is 5.83. The van der Waals surface area contributed by atoms with Crippen LogP contribution in [0.25, 0.3) is 0 Å². The molecule has 1 saturated heterocycles. The lowest BCUT2D eigenvalue weighted by atomic mass is 10.2. The molecule has 2 unspecified atom stereocenters. The number of ether oxygens (including phenoxy) is 1. The summed E-state index contributed by atoms with van der Waals surface area (Å²) in [5, 5.41) is 0. The van der Waals surface area contributed by atoms with Crippen LogP contribution < -0.4 is 5.73 Å². The van der Waals surface area contributed by atoms with Crippen molar-refractivity contribution in [1.29, 1.82) is 0 Å². The summed E-state index contributed by atoms with van der Waals surface area (Å²) in [6, 6.07) is 0.818. The minimum absolute atomic E-state index is 0.470. The Hall–Kier alpha value is -0.120. The average molecular weight is 198 g/mol. The number of rotatable bonds is 5. The second kappa shape index (κ2) is 4.60. The van der Waals surface area contributed by atoms with Crippen LogP contribution in [-0.4, -0.2) is 42.8 Å². The first-order valence-electron chi connectivity index (χ1n) is 5.89. The molecule has 1 heterocycles.